The van der Waals surface area contributed by atoms with Gasteiger partial charge in [0.1, 0.15) is 0 Å². The minimum atomic E-state index is -0.931. The molecule has 1 N–H and O–H groups in total. The van der Waals surface area contributed by atoms with Crippen LogP contribution in [0.5, 0.6) is 0 Å². The summed E-state index contributed by atoms with van der Waals surface area (Å²) in [6.45, 7) is 11.3. The number of fused-ring (bicyclic) bond motifs is 1. The number of pyridine rings is 1. The molecule has 0 aliphatic heterocycles. The number of carboxylic acid groups (broad SMARTS) is 1. The number of carboxylic acids is 1. The van der Waals surface area contributed by atoms with Crippen LogP contribution in [0.1, 0.15) is 94.2 Å². The van der Waals surface area contributed by atoms with Crippen LogP contribution in [0.2, 0.25) is 0 Å². The highest BCUT2D eigenvalue weighted by molar-refractivity contribution is 5.89. The first kappa shape index (κ1) is 21.5. The van der Waals surface area contributed by atoms with Crippen LogP contribution in [0.3, 0.4) is 0 Å². The predicted molar refractivity (Wildman–Crippen MR) is 127 cm³/mol. The second-order valence-corrected chi connectivity index (χ2v) is 10.5. The summed E-state index contributed by atoms with van der Waals surface area (Å²) in [5.74, 6) is -0.434. The van der Waals surface area contributed by atoms with Gasteiger partial charge in [-0.05, 0) is 88.8 Å². The number of hydrogen-bond acceptors (Lipinski definition) is 2. The number of carbonyl (C=O) groups is 1. The highest BCUT2D eigenvalue weighted by Gasteiger charge is 2.37. The molecular formula is C28H33NO2. The highest BCUT2D eigenvalue weighted by atomic mass is 16.4. The smallest absolute Gasteiger partial charge is 0.328 e. The van der Waals surface area contributed by atoms with Crippen LogP contribution >= 0.6 is 0 Å². The third-order valence-corrected chi connectivity index (χ3v) is 7.35. The summed E-state index contributed by atoms with van der Waals surface area (Å²) in [5.41, 5.74) is 8.80. The summed E-state index contributed by atoms with van der Waals surface area (Å²) in [6.07, 6.45) is 9.84. The van der Waals surface area contributed by atoms with Gasteiger partial charge in [-0.2, -0.15) is 0 Å². The van der Waals surface area contributed by atoms with E-state index >= 15 is 0 Å². The number of hydrogen-bond donors (Lipinski definition) is 1. The zero-order valence-corrected chi connectivity index (χ0v) is 19.3. The summed E-state index contributed by atoms with van der Waals surface area (Å²) in [4.78, 5) is 15.5. The molecule has 0 fully saturated rings. The third kappa shape index (κ3) is 4.23. The van der Waals surface area contributed by atoms with E-state index in [1.807, 2.05) is 12.1 Å². The van der Waals surface area contributed by atoms with Crippen molar-refractivity contribution in [2.24, 2.45) is 0 Å². The average molecular weight is 416 g/mol. The lowest BCUT2D eigenvalue weighted by atomic mass is 9.62. The Balaban J connectivity index is 1.54. The van der Waals surface area contributed by atoms with Crippen LogP contribution in [-0.4, -0.2) is 16.1 Å². The highest BCUT2D eigenvalue weighted by Crippen LogP contribution is 2.47. The summed E-state index contributed by atoms with van der Waals surface area (Å²) < 4.78 is 0. The number of allylic oxidation sites excluding steroid dienone is 3. The van der Waals surface area contributed by atoms with E-state index in [2.05, 4.69) is 57.0 Å². The van der Waals surface area contributed by atoms with E-state index in [1.54, 1.807) is 13.1 Å². The first-order valence-electron chi connectivity index (χ1n) is 11.3. The molecule has 1 aromatic heterocycles. The summed E-state index contributed by atoms with van der Waals surface area (Å²) >= 11 is 0. The Labute approximate surface area is 185 Å². The molecule has 0 radical (unpaired) electrons. The Bertz CT molecular complexity index is 1070. The monoisotopic (exact) mass is 415 g/mol. The molecule has 0 saturated carbocycles. The molecule has 4 rings (SSSR count). The van der Waals surface area contributed by atoms with Crippen molar-refractivity contribution >= 4 is 17.1 Å². The second kappa shape index (κ2) is 7.78. The standard InChI is InChI=1S/C28H33NO2/c1-18(14-26(30)31)22-9-11-25(29-17-22)21-7-6-19(15-21)20-8-10-23-24(16-20)28(4,5)13-12-27(23,2)3/h7-11,14,16-17,19H,6,12-13,15H2,1-5H3,(H,30,31)/b18-14-. The molecule has 0 saturated heterocycles. The van der Waals surface area contributed by atoms with E-state index in [1.165, 1.54) is 41.2 Å². The molecule has 0 amide bonds. The van der Waals surface area contributed by atoms with Crippen LogP contribution in [0.25, 0.3) is 11.1 Å². The van der Waals surface area contributed by atoms with Crippen molar-refractivity contribution in [2.45, 2.75) is 77.0 Å². The van der Waals surface area contributed by atoms with Crippen LogP contribution < -0.4 is 0 Å². The Morgan fingerprint density at radius 3 is 2.42 bits per heavy atom. The Kier molecular flexibility index (Phi) is 5.41. The zero-order chi connectivity index (χ0) is 22.4. The fraction of sp³-hybridized carbons (Fsp3) is 0.429. The average Bonchev–Trinajstić information content (AvgIpc) is 3.21. The summed E-state index contributed by atoms with van der Waals surface area (Å²) in [6, 6.07) is 11.2. The Hall–Kier alpha value is -2.68. The molecule has 3 heteroatoms. The minimum Gasteiger partial charge on any atom is -0.478 e. The fourth-order valence-corrected chi connectivity index (χ4v) is 5.13. The number of benzene rings is 1. The molecule has 1 heterocycles. The lowest BCUT2D eigenvalue weighted by Crippen LogP contribution is -2.33. The van der Waals surface area contributed by atoms with Crippen LogP contribution in [0.4, 0.5) is 0 Å². The van der Waals surface area contributed by atoms with Gasteiger partial charge in [-0.1, -0.05) is 58.0 Å². The topological polar surface area (TPSA) is 50.2 Å². The van der Waals surface area contributed by atoms with E-state index in [4.69, 9.17) is 5.11 Å². The molecule has 1 atom stereocenters. The number of rotatable bonds is 4. The number of aliphatic carboxylic acids is 1. The summed E-state index contributed by atoms with van der Waals surface area (Å²) in [5, 5.41) is 8.94. The Morgan fingerprint density at radius 2 is 1.77 bits per heavy atom. The van der Waals surface area contributed by atoms with Gasteiger partial charge in [-0.15, -0.1) is 0 Å². The van der Waals surface area contributed by atoms with E-state index in [0.717, 1.165) is 24.1 Å². The van der Waals surface area contributed by atoms with Crippen molar-refractivity contribution in [3.63, 3.8) is 0 Å². The quantitative estimate of drug-likeness (QED) is 0.554. The summed E-state index contributed by atoms with van der Waals surface area (Å²) in [7, 11) is 0. The zero-order valence-electron chi connectivity index (χ0n) is 19.3. The first-order valence-corrected chi connectivity index (χ1v) is 11.3. The van der Waals surface area contributed by atoms with Gasteiger partial charge in [0, 0.05) is 12.3 Å². The van der Waals surface area contributed by atoms with Crippen molar-refractivity contribution < 1.29 is 9.90 Å². The first-order chi connectivity index (χ1) is 14.6. The number of aromatic nitrogens is 1. The maximum atomic E-state index is 10.9. The largest absolute Gasteiger partial charge is 0.478 e. The van der Waals surface area contributed by atoms with Crippen molar-refractivity contribution in [1.29, 1.82) is 0 Å². The molecule has 1 aromatic carbocycles. The molecule has 2 aromatic rings. The van der Waals surface area contributed by atoms with E-state index < -0.39 is 5.97 Å². The van der Waals surface area contributed by atoms with Crippen molar-refractivity contribution in [3.8, 4) is 0 Å². The molecule has 31 heavy (non-hydrogen) atoms. The van der Waals surface area contributed by atoms with Crippen molar-refractivity contribution in [2.75, 3.05) is 0 Å². The van der Waals surface area contributed by atoms with Crippen LogP contribution in [0.15, 0.2) is 48.7 Å². The lowest BCUT2D eigenvalue weighted by Gasteiger charge is -2.42. The van der Waals surface area contributed by atoms with Gasteiger partial charge in [0.25, 0.3) is 0 Å². The molecule has 3 nitrogen and oxygen atoms in total. The molecule has 1 unspecified atom stereocenters. The fourth-order valence-electron chi connectivity index (χ4n) is 5.13. The van der Waals surface area contributed by atoms with E-state index in [9.17, 15) is 4.79 Å². The normalized spacial score (nSPS) is 22.0. The lowest BCUT2D eigenvalue weighted by molar-refractivity contribution is -0.131. The van der Waals surface area contributed by atoms with Gasteiger partial charge in [0.15, 0.2) is 0 Å². The van der Waals surface area contributed by atoms with Crippen molar-refractivity contribution in [3.05, 3.63) is 76.6 Å². The third-order valence-electron chi connectivity index (χ3n) is 7.35. The molecule has 0 bridgehead atoms. The Morgan fingerprint density at radius 1 is 1.06 bits per heavy atom. The van der Waals surface area contributed by atoms with Crippen LogP contribution in [0, 0.1) is 0 Å². The minimum absolute atomic E-state index is 0.231. The van der Waals surface area contributed by atoms with Gasteiger partial charge in [0.2, 0.25) is 0 Å². The van der Waals surface area contributed by atoms with Gasteiger partial charge in [-0.25, -0.2) is 4.79 Å². The molecular weight excluding hydrogens is 382 g/mol. The predicted octanol–water partition coefficient (Wildman–Crippen LogP) is 6.88. The molecule has 0 spiro atoms. The second-order valence-electron chi connectivity index (χ2n) is 10.5. The maximum Gasteiger partial charge on any atom is 0.328 e. The molecule has 162 valence electrons. The SMILES string of the molecule is C/C(=C/C(=O)O)c1ccc(C2=CCC(c3ccc4c(c3)C(C)(C)CCC4(C)C)C2)nc1. The van der Waals surface area contributed by atoms with Gasteiger partial charge >= 0.3 is 5.97 Å². The van der Waals surface area contributed by atoms with E-state index in [0.29, 0.717) is 11.5 Å². The van der Waals surface area contributed by atoms with E-state index in [-0.39, 0.29) is 10.8 Å². The van der Waals surface area contributed by atoms with Crippen molar-refractivity contribution in [1.82, 2.24) is 4.98 Å². The van der Waals surface area contributed by atoms with Gasteiger partial charge < -0.3 is 5.11 Å². The maximum absolute atomic E-state index is 10.9. The van der Waals surface area contributed by atoms with Crippen LogP contribution in [-0.2, 0) is 15.6 Å². The molecule has 2 aliphatic carbocycles. The van der Waals surface area contributed by atoms with Gasteiger partial charge in [0.05, 0.1) is 5.69 Å². The number of nitrogens with zero attached hydrogens (tertiary/aromatic N) is 1. The van der Waals surface area contributed by atoms with Gasteiger partial charge in [-0.3, -0.25) is 4.98 Å². The molecule has 2 aliphatic rings.